The fourth-order valence-corrected chi connectivity index (χ4v) is 11.7. The van der Waals surface area contributed by atoms with Gasteiger partial charge in [-0.1, -0.05) is 18.2 Å². The maximum atomic E-state index is 13.9. The molecule has 17 nitrogen and oxygen atoms in total. The summed E-state index contributed by atoms with van der Waals surface area (Å²) in [6.07, 6.45) is 1.44. The van der Waals surface area contributed by atoms with Crippen molar-refractivity contribution in [2.24, 2.45) is 4.99 Å². The van der Waals surface area contributed by atoms with Gasteiger partial charge in [-0.25, -0.2) is 39.2 Å². The average molecular weight is 1270 g/mol. The van der Waals surface area contributed by atoms with Crippen molar-refractivity contribution >= 4 is 87.9 Å². The van der Waals surface area contributed by atoms with Gasteiger partial charge >= 0.3 is 6.09 Å². The molecule has 0 fully saturated rings. The summed E-state index contributed by atoms with van der Waals surface area (Å²) < 4.78 is 128. The molecule has 2 N–H and O–H groups in total. The number of aliphatic imine (C=N–C) groups is 1. The van der Waals surface area contributed by atoms with Crippen LogP contribution in [-0.2, 0) is 31.3 Å². The zero-order valence-corrected chi connectivity index (χ0v) is 52.0. The number of amides is 2. The number of aromatic nitrogens is 2. The minimum absolute atomic E-state index is 0.171. The smallest absolute Gasteiger partial charge is 0.435 e. The minimum atomic E-state index is -3.80. The third-order valence-electron chi connectivity index (χ3n) is 15.3. The highest BCUT2D eigenvalue weighted by atomic mass is 32.2. The number of hydrogen-bond acceptors (Lipinski definition) is 12. The number of ether oxygens (including phenoxy) is 1. The number of nitrogens with zero attached hydrogens (tertiary/aromatic N) is 5. The van der Waals surface area contributed by atoms with Gasteiger partial charge in [-0.05, 0) is 165 Å². The summed E-state index contributed by atoms with van der Waals surface area (Å²) in [7, 11) is -1.69. The average Bonchev–Trinajstić information content (AvgIpc) is 1.72. The van der Waals surface area contributed by atoms with Gasteiger partial charge in [0.1, 0.15) is 57.3 Å². The minimum Gasteiger partial charge on any atom is -0.455 e. The number of fused-ring (bicyclic) bond motifs is 4. The summed E-state index contributed by atoms with van der Waals surface area (Å²) in [4.78, 5) is 44.4. The molecule has 0 atom stereocenters. The number of benzene rings is 8. The van der Waals surface area contributed by atoms with Crippen molar-refractivity contribution in [1.82, 2.24) is 20.4 Å². The molecule has 12 rings (SSSR count). The lowest BCUT2D eigenvalue weighted by atomic mass is 9.93. The van der Waals surface area contributed by atoms with E-state index in [1.165, 1.54) is 119 Å². The van der Waals surface area contributed by atoms with E-state index in [-0.39, 0.29) is 45.3 Å². The number of hydrogen-bond donors (Lipinski definition) is 2. The number of sulfonamides is 2. The Kier molecular flexibility index (Phi) is 16.3. The highest BCUT2D eigenvalue weighted by Gasteiger charge is 2.31. The first kappa shape index (κ1) is 62.2. The van der Waals surface area contributed by atoms with Gasteiger partial charge in [0.25, 0.3) is 11.8 Å². The lowest BCUT2D eigenvalue weighted by Gasteiger charge is -2.21. The molecule has 3 aromatic heterocycles. The molecule has 23 heteroatoms. The molecular weight excluding hydrogens is 1210 g/mol. The molecule has 1 aliphatic rings. The summed E-state index contributed by atoms with van der Waals surface area (Å²) in [5.41, 5.74) is 8.33. The van der Waals surface area contributed by atoms with Crippen LogP contribution >= 0.6 is 0 Å². The second kappa shape index (κ2) is 23.9. The molecule has 1 aliphatic heterocycles. The van der Waals surface area contributed by atoms with Crippen LogP contribution in [0.3, 0.4) is 0 Å². The van der Waals surface area contributed by atoms with Crippen LogP contribution in [-0.4, -0.2) is 96.5 Å². The van der Waals surface area contributed by atoms with Gasteiger partial charge in [-0.3, -0.25) is 23.2 Å². The van der Waals surface area contributed by atoms with Gasteiger partial charge in [0.2, 0.25) is 20.0 Å². The Labute approximate surface area is 520 Å². The van der Waals surface area contributed by atoms with Gasteiger partial charge in [0, 0.05) is 95.4 Å². The van der Waals surface area contributed by atoms with E-state index in [4.69, 9.17) is 13.6 Å². The van der Waals surface area contributed by atoms with Crippen LogP contribution in [0.4, 0.5) is 33.7 Å². The van der Waals surface area contributed by atoms with Crippen LogP contribution in [0.5, 0.6) is 0 Å². The van der Waals surface area contributed by atoms with Crippen molar-refractivity contribution in [1.29, 1.82) is 0 Å². The molecule has 0 saturated heterocycles. The molecule has 2 amide bonds. The molecule has 0 bridgehead atoms. The predicted octanol–water partition coefficient (Wildman–Crippen LogP) is 13.8. The van der Waals surface area contributed by atoms with Crippen molar-refractivity contribution in [2.45, 2.75) is 32.9 Å². The number of rotatable bonds is 12. The summed E-state index contributed by atoms with van der Waals surface area (Å²) >= 11 is 0. The quantitative estimate of drug-likeness (QED) is 0.110. The molecule has 0 unspecified atom stereocenters. The van der Waals surface area contributed by atoms with Crippen LogP contribution < -0.4 is 19.2 Å². The zero-order chi connectivity index (χ0) is 65.2. The van der Waals surface area contributed by atoms with Crippen LogP contribution in [0.1, 0.15) is 58.2 Å². The van der Waals surface area contributed by atoms with E-state index < -0.39 is 61.0 Å². The first-order valence-corrected chi connectivity index (χ1v) is 31.8. The highest BCUT2D eigenvalue weighted by molar-refractivity contribution is 7.92. The summed E-state index contributed by atoms with van der Waals surface area (Å²) in [5.74, 6) is -2.18. The lowest BCUT2D eigenvalue weighted by molar-refractivity contribution is 0.0522. The maximum Gasteiger partial charge on any atom is 0.435 e. The standard InChI is InChI=1S/C36H32F2N4O6S.C32H25F2N3O4S/c1-36(2,3)48-35(44)42-28-16-11-22(17-26(28)32(40-42)20-7-12-23(37)13-8-20)25-18-27-30(19-29(25)41(5)49(6,45)46)47-33(31(27)34(43)39-4)21-9-14-24(38)15-10-21;1-35-32(38)29-26-15-24(20-4-5-21-17-36-30(25(21)14-20)18-6-10-22(33)11-7-18)27(37(2)42(3,39)40)16-28(26)41-31(29)19-8-12-23(34)13-9-19/h7-19H,1-6H3,(H,39,43);4-16H,17H2,1-3H3,(H,35,38). The van der Waals surface area contributed by atoms with Crippen molar-refractivity contribution < 1.29 is 62.4 Å². The topological polar surface area (TPSA) is 216 Å². The number of anilines is 2. The Bertz CT molecular complexity index is 5020. The van der Waals surface area contributed by atoms with E-state index in [1.54, 1.807) is 69.3 Å². The van der Waals surface area contributed by atoms with E-state index in [0.29, 0.717) is 84.3 Å². The molecule has 0 aliphatic carbocycles. The van der Waals surface area contributed by atoms with Gasteiger partial charge in [0.05, 0.1) is 52.8 Å². The molecule has 0 radical (unpaired) electrons. The first-order valence-electron chi connectivity index (χ1n) is 28.1. The van der Waals surface area contributed by atoms with Gasteiger partial charge in [-0.2, -0.15) is 9.78 Å². The van der Waals surface area contributed by atoms with E-state index in [9.17, 15) is 48.8 Å². The van der Waals surface area contributed by atoms with E-state index in [2.05, 4.69) is 20.7 Å². The summed E-state index contributed by atoms with van der Waals surface area (Å²) in [6.45, 7) is 5.66. The summed E-state index contributed by atoms with van der Waals surface area (Å²) in [5, 5.41) is 11.2. The molecule has 8 aromatic carbocycles. The molecular formula is C68H57F4N7O10S2. The Morgan fingerprint density at radius 3 is 1.36 bits per heavy atom. The molecule has 0 spiro atoms. The third kappa shape index (κ3) is 12.3. The van der Waals surface area contributed by atoms with Crippen molar-refractivity contribution in [3.05, 3.63) is 209 Å². The zero-order valence-electron chi connectivity index (χ0n) is 50.4. The molecule has 11 aromatic rings. The fourth-order valence-electron chi connectivity index (χ4n) is 10.7. The second-order valence-corrected chi connectivity index (χ2v) is 26.5. The van der Waals surface area contributed by atoms with Crippen molar-refractivity contribution in [2.75, 3.05) is 49.3 Å². The third-order valence-corrected chi connectivity index (χ3v) is 17.7. The van der Waals surface area contributed by atoms with Crippen LogP contribution in [0, 0.1) is 23.3 Å². The van der Waals surface area contributed by atoms with E-state index in [1.807, 2.05) is 18.2 Å². The van der Waals surface area contributed by atoms with Crippen LogP contribution in [0.15, 0.2) is 172 Å². The molecule has 464 valence electrons. The molecule has 0 saturated carbocycles. The van der Waals surface area contributed by atoms with Gasteiger partial charge in [0.15, 0.2) is 0 Å². The van der Waals surface area contributed by atoms with Gasteiger partial charge in [-0.15, -0.1) is 0 Å². The Hall–Kier alpha value is -10.4. The maximum absolute atomic E-state index is 13.9. The van der Waals surface area contributed by atoms with Crippen LogP contribution in [0.2, 0.25) is 0 Å². The van der Waals surface area contributed by atoms with Crippen molar-refractivity contribution in [3.8, 4) is 56.2 Å². The normalized spacial score (nSPS) is 12.3. The van der Waals surface area contributed by atoms with Crippen LogP contribution in [0.25, 0.3) is 89.0 Å². The fraction of sp³-hybridized carbons (Fsp3) is 0.162. The number of halogens is 4. The van der Waals surface area contributed by atoms with E-state index >= 15 is 0 Å². The molecule has 4 heterocycles. The predicted molar refractivity (Wildman–Crippen MR) is 343 cm³/mol. The first-order chi connectivity index (χ1) is 43.1. The largest absolute Gasteiger partial charge is 0.455 e. The highest BCUT2D eigenvalue weighted by Crippen LogP contribution is 2.45. The molecule has 91 heavy (non-hydrogen) atoms. The number of furan rings is 2. The summed E-state index contributed by atoms with van der Waals surface area (Å²) in [6, 6.07) is 40.1. The van der Waals surface area contributed by atoms with Crippen molar-refractivity contribution in [3.63, 3.8) is 0 Å². The van der Waals surface area contributed by atoms with E-state index in [0.717, 1.165) is 42.5 Å². The lowest BCUT2D eigenvalue weighted by Crippen LogP contribution is -2.27. The Morgan fingerprint density at radius 1 is 0.527 bits per heavy atom. The Balaban J connectivity index is 0.000000189. The monoisotopic (exact) mass is 1270 g/mol. The number of nitrogens with one attached hydrogen (secondary N) is 2. The van der Waals surface area contributed by atoms with Gasteiger partial charge < -0.3 is 24.2 Å². The SMILES string of the molecule is CNC(=O)c1c(-c2ccc(F)cc2)oc2cc(N(C)S(C)(=O)=O)c(-c3ccc4c(c3)C(c3ccc(F)cc3)=NC4)cc12.CNC(=O)c1c(-c2ccc(F)cc2)oc2cc(N(C)S(C)(=O)=O)c(-c3ccc4c(c3)c(-c3ccc(F)cc3)nn4C(=O)OC(C)(C)C)cc12. The second-order valence-electron chi connectivity index (χ2n) is 22.5. The number of carbonyl (C=O) groups excluding carboxylic acids is 3. The number of carbonyl (C=O) groups is 3. The Morgan fingerprint density at radius 2 is 0.934 bits per heavy atom.